The quantitative estimate of drug-likeness (QED) is 0.647. The van der Waals surface area contributed by atoms with E-state index in [0.29, 0.717) is 13.1 Å². The van der Waals surface area contributed by atoms with Gasteiger partial charge in [0.2, 0.25) is 6.34 Å². The number of benzene rings is 1. The van der Waals surface area contributed by atoms with E-state index in [1.807, 2.05) is 0 Å². The van der Waals surface area contributed by atoms with Crippen LogP contribution in [0.1, 0.15) is 0 Å². The third-order valence-corrected chi connectivity index (χ3v) is 1.97. The van der Waals surface area contributed by atoms with Crippen LogP contribution in [0.5, 0.6) is 0 Å². The van der Waals surface area contributed by atoms with Crippen molar-refractivity contribution in [2.24, 2.45) is 0 Å². The van der Waals surface area contributed by atoms with Gasteiger partial charge in [-0.1, -0.05) is 6.07 Å². The first-order valence-corrected chi connectivity index (χ1v) is 4.06. The lowest BCUT2D eigenvalue weighted by Gasteiger charge is -2.01. The third kappa shape index (κ3) is 1.39. The lowest BCUT2D eigenvalue weighted by molar-refractivity contribution is -0.428. The maximum absolute atomic E-state index is 13.2. The fraction of sp³-hybridized carbons (Fsp3) is 0.222. The van der Waals surface area contributed by atoms with Crippen LogP contribution in [0.4, 0.5) is 14.5 Å². The molecule has 0 bridgehead atoms. The Labute approximate surface area is 74.5 Å². The molecule has 0 aromatic heterocycles. The summed E-state index contributed by atoms with van der Waals surface area (Å²) in [6.45, 7) is 1.31. The maximum Gasteiger partial charge on any atom is 0.237 e. The molecule has 0 saturated carbocycles. The van der Waals surface area contributed by atoms with Crippen molar-refractivity contribution in [3.63, 3.8) is 0 Å². The number of nitrogens with zero attached hydrogens (tertiary/aromatic N) is 1. The Morgan fingerprint density at radius 3 is 2.46 bits per heavy atom. The summed E-state index contributed by atoms with van der Waals surface area (Å²) >= 11 is 0. The first kappa shape index (κ1) is 8.16. The van der Waals surface area contributed by atoms with Crippen molar-refractivity contribution in [2.75, 3.05) is 13.1 Å². The second kappa shape index (κ2) is 3.12. The van der Waals surface area contributed by atoms with E-state index in [-0.39, 0.29) is 5.69 Å². The highest BCUT2D eigenvalue weighted by molar-refractivity contribution is 5.53. The molecule has 0 fully saturated rings. The maximum atomic E-state index is 13.2. The number of halogens is 2. The molecule has 1 aromatic carbocycles. The smallest absolute Gasteiger partial charge is 0.237 e. The Morgan fingerprint density at radius 2 is 1.92 bits per heavy atom. The van der Waals surface area contributed by atoms with E-state index >= 15 is 0 Å². The van der Waals surface area contributed by atoms with Gasteiger partial charge in [-0.05, 0) is 12.1 Å². The van der Waals surface area contributed by atoms with Crippen LogP contribution in [0, 0.1) is 11.6 Å². The van der Waals surface area contributed by atoms with E-state index in [9.17, 15) is 8.78 Å². The highest BCUT2D eigenvalue weighted by Crippen LogP contribution is 2.21. The average molecular weight is 183 g/mol. The van der Waals surface area contributed by atoms with Gasteiger partial charge in [0.25, 0.3) is 0 Å². The standard InChI is InChI=1S/C9H8F2N2/c10-7-2-1-3-8(11)9(7)13-5-4-12-6-13/h1-3,6H,4-5H2/p+1. The second-order valence-electron chi connectivity index (χ2n) is 2.85. The van der Waals surface area contributed by atoms with Gasteiger partial charge in [0.1, 0.15) is 13.1 Å². The van der Waals surface area contributed by atoms with E-state index in [4.69, 9.17) is 0 Å². The molecule has 1 N–H and O–H groups in total. The number of para-hydroxylation sites is 1. The molecule has 13 heavy (non-hydrogen) atoms. The molecular formula is C9H9F2N2+. The molecule has 68 valence electrons. The van der Waals surface area contributed by atoms with E-state index in [1.165, 1.54) is 22.8 Å². The predicted molar refractivity (Wildman–Crippen MR) is 45.2 cm³/mol. The third-order valence-electron chi connectivity index (χ3n) is 1.97. The fourth-order valence-corrected chi connectivity index (χ4v) is 1.36. The predicted octanol–water partition coefficient (Wildman–Crippen LogP) is 1.24. The molecule has 0 aliphatic carbocycles. The normalized spacial score (nSPS) is 15.4. The van der Waals surface area contributed by atoms with Gasteiger partial charge in [0, 0.05) is 0 Å². The summed E-state index contributed by atoms with van der Waals surface area (Å²) in [5.74, 6) is -1.06. The molecule has 0 atom stereocenters. The lowest BCUT2D eigenvalue weighted by Crippen LogP contribution is -2.06. The van der Waals surface area contributed by atoms with Crippen molar-refractivity contribution in [1.29, 1.82) is 0 Å². The van der Waals surface area contributed by atoms with Gasteiger partial charge in [-0.15, -0.1) is 0 Å². The summed E-state index contributed by atoms with van der Waals surface area (Å²) in [6.07, 6.45) is 1.58. The molecule has 0 amide bonds. The molecule has 2 nitrogen and oxygen atoms in total. The van der Waals surface area contributed by atoms with Crippen LogP contribution in [-0.4, -0.2) is 24.0 Å². The van der Waals surface area contributed by atoms with Crippen molar-refractivity contribution < 1.29 is 13.4 Å². The lowest BCUT2D eigenvalue weighted by atomic mass is 10.3. The van der Waals surface area contributed by atoms with Gasteiger partial charge in [0.05, 0.1) is 0 Å². The molecule has 0 spiro atoms. The molecule has 1 heterocycles. The molecule has 1 aliphatic rings. The highest BCUT2D eigenvalue weighted by atomic mass is 19.1. The first-order valence-electron chi connectivity index (χ1n) is 4.06. The van der Waals surface area contributed by atoms with Gasteiger partial charge in [-0.2, -0.15) is 0 Å². The topological polar surface area (TPSA) is 15.0 Å². The Bertz CT molecular complexity index is 340. The molecule has 1 aliphatic heterocycles. The molecule has 1 aromatic rings. The molecular weight excluding hydrogens is 174 g/mol. The molecule has 4 heteroatoms. The van der Waals surface area contributed by atoms with Crippen LogP contribution in [0.3, 0.4) is 0 Å². The Kier molecular flexibility index (Phi) is 1.96. The number of hydrogen-bond acceptors (Lipinski definition) is 1. The van der Waals surface area contributed by atoms with E-state index < -0.39 is 11.6 Å². The largest absolute Gasteiger partial charge is 0.277 e. The fourth-order valence-electron chi connectivity index (χ4n) is 1.36. The molecule has 0 radical (unpaired) electrons. The summed E-state index contributed by atoms with van der Waals surface area (Å²) in [5.41, 5.74) is 0.0208. The zero-order valence-corrected chi connectivity index (χ0v) is 6.93. The number of hydrogen-bond donors (Lipinski definition) is 1. The van der Waals surface area contributed by atoms with Crippen LogP contribution < -0.4 is 5.32 Å². The van der Waals surface area contributed by atoms with Gasteiger partial charge in [-0.25, -0.2) is 13.4 Å². The second-order valence-corrected chi connectivity index (χ2v) is 2.85. The van der Waals surface area contributed by atoms with E-state index in [2.05, 4.69) is 5.32 Å². The van der Waals surface area contributed by atoms with Crippen LogP contribution >= 0.6 is 0 Å². The summed E-state index contributed by atoms with van der Waals surface area (Å²) in [7, 11) is 0. The van der Waals surface area contributed by atoms with Crippen LogP contribution in [0.2, 0.25) is 0 Å². The van der Waals surface area contributed by atoms with E-state index in [1.54, 1.807) is 6.34 Å². The first-order chi connectivity index (χ1) is 6.29. The van der Waals surface area contributed by atoms with Gasteiger partial charge >= 0.3 is 0 Å². The zero-order chi connectivity index (χ0) is 9.26. The Hall–Kier alpha value is -1.45. The summed E-state index contributed by atoms with van der Waals surface area (Å²) in [4.78, 5) is 0. The van der Waals surface area contributed by atoms with Crippen LogP contribution in [-0.2, 0) is 0 Å². The van der Waals surface area contributed by atoms with Crippen LogP contribution in [0.25, 0.3) is 0 Å². The summed E-state index contributed by atoms with van der Waals surface area (Å²) < 4.78 is 27.9. The van der Waals surface area contributed by atoms with E-state index in [0.717, 1.165) is 0 Å². The average Bonchev–Trinajstić information content (AvgIpc) is 2.57. The monoisotopic (exact) mass is 183 g/mol. The van der Waals surface area contributed by atoms with Gasteiger partial charge in [-0.3, -0.25) is 5.32 Å². The minimum atomic E-state index is -0.528. The highest BCUT2D eigenvalue weighted by Gasteiger charge is 2.19. The minimum absolute atomic E-state index is 0.0208. The van der Waals surface area contributed by atoms with Gasteiger partial charge in [0.15, 0.2) is 17.3 Å². The Morgan fingerprint density at radius 1 is 1.23 bits per heavy atom. The van der Waals surface area contributed by atoms with Crippen molar-refractivity contribution >= 4 is 12.0 Å². The van der Waals surface area contributed by atoms with Crippen molar-refractivity contribution in [3.8, 4) is 0 Å². The summed E-state index contributed by atoms with van der Waals surface area (Å²) in [6, 6.07) is 3.87. The number of rotatable bonds is 1. The molecule has 2 rings (SSSR count). The SMILES string of the molecule is Fc1cccc(F)c1[N+]1=CNCC1. The van der Waals surface area contributed by atoms with Crippen molar-refractivity contribution in [2.45, 2.75) is 0 Å². The Balaban J connectivity index is 2.49. The van der Waals surface area contributed by atoms with Crippen molar-refractivity contribution in [1.82, 2.24) is 5.32 Å². The van der Waals surface area contributed by atoms with Crippen molar-refractivity contribution in [3.05, 3.63) is 29.8 Å². The number of nitrogens with one attached hydrogen (secondary N) is 1. The van der Waals surface area contributed by atoms with Gasteiger partial charge < -0.3 is 0 Å². The summed E-state index contributed by atoms with van der Waals surface area (Å²) in [5, 5.41) is 2.89. The minimum Gasteiger partial charge on any atom is -0.277 e. The molecule has 0 saturated heterocycles. The zero-order valence-electron chi connectivity index (χ0n) is 6.93. The molecule has 0 unspecified atom stereocenters. The van der Waals surface area contributed by atoms with Crippen LogP contribution in [0.15, 0.2) is 18.2 Å².